The molecule has 1 aromatic carbocycles. The number of hydrogen-bond donors (Lipinski definition) is 2. The Kier molecular flexibility index (Phi) is 4.29. The van der Waals surface area contributed by atoms with Crippen LogP contribution in [-0.2, 0) is 6.54 Å². The SMILES string of the molecule is Cc1ccc(C)c(-c2cc(C(=O)NCc3ccco3)[nH]c(=O)n2)c1. The molecule has 0 saturated heterocycles. The lowest BCUT2D eigenvalue weighted by Gasteiger charge is -2.08. The Labute approximate surface area is 138 Å². The number of nitrogens with zero attached hydrogens (tertiary/aromatic N) is 1. The molecule has 3 aromatic rings. The Morgan fingerprint density at radius 2 is 2.08 bits per heavy atom. The summed E-state index contributed by atoms with van der Waals surface area (Å²) in [5.41, 5.74) is 2.96. The minimum atomic E-state index is -0.559. The van der Waals surface area contributed by atoms with Gasteiger partial charge in [-0.05, 0) is 43.7 Å². The maximum atomic E-state index is 12.3. The van der Waals surface area contributed by atoms with E-state index in [0.29, 0.717) is 11.5 Å². The van der Waals surface area contributed by atoms with Gasteiger partial charge in [0.25, 0.3) is 5.91 Å². The molecule has 0 aliphatic heterocycles. The molecule has 3 rings (SSSR count). The minimum Gasteiger partial charge on any atom is -0.467 e. The molecular formula is C18H17N3O3. The fraction of sp³-hybridized carbons (Fsp3) is 0.167. The Balaban J connectivity index is 1.90. The predicted molar refractivity (Wildman–Crippen MR) is 89.6 cm³/mol. The first-order chi connectivity index (χ1) is 11.5. The van der Waals surface area contributed by atoms with Crippen LogP contribution in [0, 0.1) is 13.8 Å². The number of aryl methyl sites for hydroxylation is 2. The molecule has 0 atom stereocenters. The molecule has 2 N–H and O–H groups in total. The first-order valence-corrected chi connectivity index (χ1v) is 7.52. The third kappa shape index (κ3) is 3.43. The van der Waals surface area contributed by atoms with Gasteiger partial charge in [-0.1, -0.05) is 17.7 Å². The topological polar surface area (TPSA) is 88.0 Å². The molecule has 0 bridgehead atoms. The van der Waals surface area contributed by atoms with Crippen molar-refractivity contribution in [3.8, 4) is 11.3 Å². The van der Waals surface area contributed by atoms with E-state index in [0.717, 1.165) is 16.7 Å². The third-order valence-corrected chi connectivity index (χ3v) is 3.66. The summed E-state index contributed by atoms with van der Waals surface area (Å²) in [6.07, 6.45) is 1.54. The van der Waals surface area contributed by atoms with E-state index < -0.39 is 11.6 Å². The summed E-state index contributed by atoms with van der Waals surface area (Å²) in [7, 11) is 0. The van der Waals surface area contributed by atoms with Crippen LogP contribution in [0.2, 0.25) is 0 Å². The first kappa shape index (κ1) is 15.7. The Morgan fingerprint density at radius 1 is 1.25 bits per heavy atom. The third-order valence-electron chi connectivity index (χ3n) is 3.66. The van der Waals surface area contributed by atoms with Gasteiger partial charge in [0.05, 0.1) is 18.5 Å². The molecule has 0 aliphatic rings. The Hall–Kier alpha value is -3.15. The monoisotopic (exact) mass is 323 g/mol. The molecule has 0 aliphatic carbocycles. The van der Waals surface area contributed by atoms with Crippen molar-refractivity contribution in [2.75, 3.05) is 0 Å². The molecule has 2 aromatic heterocycles. The Bertz CT molecular complexity index is 927. The van der Waals surface area contributed by atoms with Crippen LogP contribution >= 0.6 is 0 Å². The van der Waals surface area contributed by atoms with Gasteiger partial charge in [0.2, 0.25) is 0 Å². The second kappa shape index (κ2) is 6.54. The fourth-order valence-corrected chi connectivity index (χ4v) is 2.41. The van der Waals surface area contributed by atoms with Gasteiger partial charge in [-0.3, -0.25) is 4.79 Å². The highest BCUT2D eigenvalue weighted by molar-refractivity contribution is 5.93. The van der Waals surface area contributed by atoms with Gasteiger partial charge in [-0.15, -0.1) is 0 Å². The number of hydrogen-bond acceptors (Lipinski definition) is 4. The van der Waals surface area contributed by atoms with Crippen LogP contribution in [0.15, 0.2) is 51.9 Å². The van der Waals surface area contributed by atoms with Gasteiger partial charge >= 0.3 is 5.69 Å². The largest absolute Gasteiger partial charge is 0.467 e. The van der Waals surface area contributed by atoms with E-state index in [-0.39, 0.29) is 12.2 Å². The van der Waals surface area contributed by atoms with Gasteiger partial charge in [0, 0.05) is 5.56 Å². The molecule has 0 radical (unpaired) electrons. The van der Waals surface area contributed by atoms with Crippen LogP contribution in [0.1, 0.15) is 27.4 Å². The summed E-state index contributed by atoms with van der Waals surface area (Å²) in [6.45, 7) is 4.15. The van der Waals surface area contributed by atoms with Crippen LogP contribution in [0.3, 0.4) is 0 Å². The van der Waals surface area contributed by atoms with E-state index in [1.165, 1.54) is 6.26 Å². The summed E-state index contributed by atoms with van der Waals surface area (Å²) in [6, 6.07) is 11.0. The average molecular weight is 323 g/mol. The molecule has 1 amide bonds. The standard InChI is InChI=1S/C18H17N3O3/c1-11-5-6-12(2)14(8-11)15-9-16(21-18(23)20-15)17(22)19-10-13-4-3-7-24-13/h3-9H,10H2,1-2H3,(H,19,22)(H,20,21,23). The second-order valence-electron chi connectivity index (χ2n) is 5.57. The van der Waals surface area contributed by atoms with Crippen LogP contribution in [0.25, 0.3) is 11.3 Å². The highest BCUT2D eigenvalue weighted by atomic mass is 16.3. The van der Waals surface area contributed by atoms with E-state index >= 15 is 0 Å². The fourth-order valence-electron chi connectivity index (χ4n) is 2.41. The predicted octanol–water partition coefficient (Wildman–Crippen LogP) is 2.58. The van der Waals surface area contributed by atoms with E-state index in [2.05, 4.69) is 15.3 Å². The quantitative estimate of drug-likeness (QED) is 0.772. The maximum absolute atomic E-state index is 12.3. The molecule has 0 saturated carbocycles. The number of amides is 1. The lowest BCUT2D eigenvalue weighted by Crippen LogP contribution is -2.27. The highest BCUT2D eigenvalue weighted by Gasteiger charge is 2.12. The molecule has 6 heteroatoms. The molecular weight excluding hydrogens is 306 g/mol. The van der Waals surface area contributed by atoms with Crippen LogP contribution in [-0.4, -0.2) is 15.9 Å². The van der Waals surface area contributed by atoms with Crippen molar-refractivity contribution >= 4 is 5.91 Å². The number of nitrogens with one attached hydrogen (secondary N) is 2. The average Bonchev–Trinajstić information content (AvgIpc) is 3.07. The van der Waals surface area contributed by atoms with Crippen molar-refractivity contribution in [2.24, 2.45) is 0 Å². The Morgan fingerprint density at radius 3 is 2.83 bits per heavy atom. The van der Waals surface area contributed by atoms with Crippen LogP contribution < -0.4 is 11.0 Å². The summed E-state index contributed by atoms with van der Waals surface area (Å²) in [5.74, 6) is 0.243. The molecule has 0 fully saturated rings. The summed E-state index contributed by atoms with van der Waals surface area (Å²) in [5, 5.41) is 2.70. The number of carbonyl (C=O) groups excluding carboxylic acids is 1. The molecule has 0 spiro atoms. The smallest absolute Gasteiger partial charge is 0.346 e. The van der Waals surface area contributed by atoms with Gasteiger partial charge in [-0.25, -0.2) is 4.79 Å². The molecule has 6 nitrogen and oxygen atoms in total. The summed E-state index contributed by atoms with van der Waals surface area (Å²) >= 11 is 0. The minimum absolute atomic E-state index is 0.164. The van der Waals surface area contributed by atoms with E-state index in [1.807, 2.05) is 32.0 Å². The van der Waals surface area contributed by atoms with Gasteiger partial charge in [0.1, 0.15) is 11.5 Å². The van der Waals surface area contributed by atoms with Crippen molar-refractivity contribution in [1.82, 2.24) is 15.3 Å². The number of rotatable bonds is 4. The molecule has 2 heterocycles. The molecule has 0 unspecified atom stereocenters. The maximum Gasteiger partial charge on any atom is 0.346 e. The van der Waals surface area contributed by atoms with E-state index in [4.69, 9.17) is 4.42 Å². The molecule has 24 heavy (non-hydrogen) atoms. The number of furan rings is 1. The zero-order valence-electron chi connectivity index (χ0n) is 13.4. The number of aromatic amines is 1. The zero-order chi connectivity index (χ0) is 17.1. The zero-order valence-corrected chi connectivity index (χ0v) is 13.4. The number of benzene rings is 1. The number of carbonyl (C=O) groups is 1. The number of H-pyrrole nitrogens is 1. The van der Waals surface area contributed by atoms with Crippen molar-refractivity contribution in [3.63, 3.8) is 0 Å². The van der Waals surface area contributed by atoms with Crippen molar-refractivity contribution in [3.05, 3.63) is 75.7 Å². The van der Waals surface area contributed by atoms with Gasteiger partial charge in [0.15, 0.2) is 0 Å². The summed E-state index contributed by atoms with van der Waals surface area (Å²) in [4.78, 5) is 30.6. The second-order valence-corrected chi connectivity index (χ2v) is 5.57. The summed E-state index contributed by atoms with van der Waals surface area (Å²) < 4.78 is 5.17. The van der Waals surface area contributed by atoms with Crippen molar-refractivity contribution in [1.29, 1.82) is 0 Å². The van der Waals surface area contributed by atoms with E-state index in [9.17, 15) is 9.59 Å². The van der Waals surface area contributed by atoms with E-state index in [1.54, 1.807) is 18.2 Å². The first-order valence-electron chi connectivity index (χ1n) is 7.52. The lowest BCUT2D eigenvalue weighted by atomic mass is 10.0. The van der Waals surface area contributed by atoms with Crippen molar-refractivity contribution < 1.29 is 9.21 Å². The van der Waals surface area contributed by atoms with Crippen molar-refractivity contribution in [2.45, 2.75) is 20.4 Å². The highest BCUT2D eigenvalue weighted by Crippen LogP contribution is 2.22. The van der Waals surface area contributed by atoms with Gasteiger partial charge < -0.3 is 14.7 Å². The van der Waals surface area contributed by atoms with Gasteiger partial charge in [-0.2, -0.15) is 4.98 Å². The van der Waals surface area contributed by atoms with Crippen LogP contribution in [0.5, 0.6) is 0 Å². The number of aromatic nitrogens is 2. The molecule has 122 valence electrons. The normalized spacial score (nSPS) is 10.6. The lowest BCUT2D eigenvalue weighted by molar-refractivity contribution is 0.0942. The van der Waals surface area contributed by atoms with Crippen LogP contribution in [0.4, 0.5) is 0 Å².